The molecule has 6 rings (SSSR count). The van der Waals surface area contributed by atoms with Crippen LogP contribution in [-0.2, 0) is 20.8 Å². The van der Waals surface area contributed by atoms with Crippen LogP contribution in [-0.4, -0.2) is 48.5 Å². The van der Waals surface area contributed by atoms with Gasteiger partial charge in [0.05, 0.1) is 16.9 Å². The number of amides is 1. The number of anilines is 2. The molecule has 0 bridgehead atoms. The lowest BCUT2D eigenvalue weighted by Crippen LogP contribution is -2.58. The lowest BCUT2D eigenvalue weighted by molar-refractivity contribution is -0.147. The normalized spacial score (nSPS) is 24.2. The van der Waals surface area contributed by atoms with E-state index in [-0.39, 0.29) is 41.8 Å². The van der Waals surface area contributed by atoms with Crippen molar-refractivity contribution in [2.24, 2.45) is 17.6 Å². The van der Waals surface area contributed by atoms with Crippen molar-refractivity contribution >= 4 is 45.4 Å². The molecular formula is C28H23N3O7S. The van der Waals surface area contributed by atoms with Gasteiger partial charge in [-0.05, 0) is 30.4 Å². The fourth-order valence-corrected chi connectivity index (χ4v) is 6.62. The van der Waals surface area contributed by atoms with Gasteiger partial charge >= 0.3 is 0 Å². The van der Waals surface area contributed by atoms with Crippen LogP contribution in [0.15, 0.2) is 64.8 Å². The number of aromatic nitrogens is 1. The molecule has 2 aromatic carbocycles. The summed E-state index contributed by atoms with van der Waals surface area (Å²) in [5.41, 5.74) is 4.16. The summed E-state index contributed by atoms with van der Waals surface area (Å²) >= 11 is 1.33. The smallest absolute Gasteiger partial charge is 0.255 e. The van der Waals surface area contributed by atoms with Gasteiger partial charge < -0.3 is 31.5 Å². The van der Waals surface area contributed by atoms with Crippen molar-refractivity contribution in [1.29, 1.82) is 0 Å². The highest BCUT2D eigenvalue weighted by molar-refractivity contribution is 7.14. The molecule has 3 aromatic rings. The number of primary amides is 1. The van der Waals surface area contributed by atoms with Crippen molar-refractivity contribution < 1.29 is 34.8 Å². The zero-order valence-electron chi connectivity index (χ0n) is 20.3. The second-order valence-electron chi connectivity index (χ2n) is 9.93. The molecule has 7 N–H and O–H groups in total. The summed E-state index contributed by atoms with van der Waals surface area (Å²) in [6, 6.07) is 12.9. The lowest BCUT2D eigenvalue weighted by Gasteiger charge is -2.46. The molecule has 11 heteroatoms. The number of carbonyl (C=O) groups is 3. The quantitative estimate of drug-likeness (QED) is 0.212. The van der Waals surface area contributed by atoms with Gasteiger partial charge in [-0.2, -0.15) is 0 Å². The van der Waals surface area contributed by atoms with Gasteiger partial charge in [-0.3, -0.25) is 14.4 Å². The predicted molar refractivity (Wildman–Crippen MR) is 142 cm³/mol. The van der Waals surface area contributed by atoms with E-state index in [0.29, 0.717) is 10.7 Å². The molecule has 39 heavy (non-hydrogen) atoms. The molecule has 198 valence electrons. The van der Waals surface area contributed by atoms with Crippen LogP contribution in [0.25, 0.3) is 17.0 Å². The maximum Gasteiger partial charge on any atom is 0.255 e. The average molecular weight is 546 g/mol. The third kappa shape index (κ3) is 3.65. The van der Waals surface area contributed by atoms with Crippen LogP contribution < -0.4 is 11.1 Å². The number of phenolic OH excluding ortho intramolecular Hbond substituents is 1. The molecule has 3 aliphatic rings. The molecule has 3 unspecified atom stereocenters. The third-order valence-electron chi connectivity index (χ3n) is 7.75. The van der Waals surface area contributed by atoms with E-state index in [1.807, 2.05) is 35.7 Å². The Bertz CT molecular complexity index is 1640. The Morgan fingerprint density at radius 1 is 1.08 bits per heavy atom. The van der Waals surface area contributed by atoms with Crippen molar-refractivity contribution in [3.05, 3.63) is 75.9 Å². The Morgan fingerprint density at radius 2 is 1.82 bits per heavy atom. The first-order chi connectivity index (χ1) is 18.6. The van der Waals surface area contributed by atoms with Crippen LogP contribution in [0.5, 0.6) is 5.75 Å². The first-order valence-electron chi connectivity index (χ1n) is 12.2. The van der Waals surface area contributed by atoms with E-state index >= 15 is 0 Å². The number of nitrogens with two attached hydrogens (primary N) is 1. The molecule has 1 heterocycles. The number of aliphatic hydroxyl groups is 3. The number of benzene rings is 2. The minimum atomic E-state index is -2.59. The molecule has 0 aliphatic heterocycles. The Balaban J connectivity index is 1.38. The summed E-state index contributed by atoms with van der Waals surface area (Å²) in [5, 5.41) is 49.8. The van der Waals surface area contributed by atoms with Crippen LogP contribution in [0, 0.1) is 11.8 Å². The standard InChI is InChI=1S/C28H23N3O7S/c29-26(37)21-18(32)10-15-9-14-8-13-6-7-16(30-27-31-17(11-39-27)12-4-2-1-3-5-12)22(33)19(13)23(34)20(14)24(35)28(15,38)25(21)36/h1-7,11,14-15,33-34,36,38H,8-10H2,(H2,29,37)(H,30,31). The number of aromatic hydroxyl groups is 1. The van der Waals surface area contributed by atoms with Crippen LogP contribution >= 0.6 is 11.3 Å². The van der Waals surface area contributed by atoms with Gasteiger partial charge in [0.25, 0.3) is 5.91 Å². The number of nitrogens with one attached hydrogen (secondary N) is 1. The van der Waals surface area contributed by atoms with E-state index < -0.39 is 52.0 Å². The fraction of sp³-hybridized carbons (Fsp3) is 0.214. The third-order valence-corrected chi connectivity index (χ3v) is 8.51. The summed E-state index contributed by atoms with van der Waals surface area (Å²) in [7, 11) is 0. The topological polar surface area (TPSA) is 183 Å². The monoisotopic (exact) mass is 545 g/mol. The van der Waals surface area contributed by atoms with E-state index in [4.69, 9.17) is 5.73 Å². The highest BCUT2D eigenvalue weighted by Gasteiger charge is 2.60. The minimum Gasteiger partial charge on any atom is -0.508 e. The number of carbonyl (C=O) groups excluding carboxylic acids is 3. The molecule has 0 saturated heterocycles. The van der Waals surface area contributed by atoms with E-state index in [2.05, 4.69) is 10.3 Å². The Kier molecular flexibility index (Phi) is 5.59. The highest BCUT2D eigenvalue weighted by atomic mass is 32.1. The molecule has 1 fully saturated rings. The van der Waals surface area contributed by atoms with Gasteiger partial charge in [-0.1, -0.05) is 36.4 Å². The lowest BCUT2D eigenvalue weighted by atomic mass is 9.59. The molecule has 1 amide bonds. The summed E-state index contributed by atoms with van der Waals surface area (Å²) < 4.78 is 0. The van der Waals surface area contributed by atoms with E-state index in [0.717, 1.165) is 11.3 Å². The van der Waals surface area contributed by atoms with E-state index in [9.17, 15) is 34.8 Å². The second-order valence-corrected chi connectivity index (χ2v) is 10.8. The summed E-state index contributed by atoms with van der Waals surface area (Å²) in [4.78, 5) is 42.4. The predicted octanol–water partition coefficient (Wildman–Crippen LogP) is 3.29. The van der Waals surface area contributed by atoms with Crippen LogP contribution in [0.3, 0.4) is 0 Å². The zero-order chi connectivity index (χ0) is 27.6. The van der Waals surface area contributed by atoms with Crippen molar-refractivity contribution in [2.45, 2.75) is 24.9 Å². The molecule has 3 aliphatic carbocycles. The Labute approximate surface area is 225 Å². The van der Waals surface area contributed by atoms with Gasteiger partial charge in [0.15, 0.2) is 16.5 Å². The van der Waals surface area contributed by atoms with Gasteiger partial charge in [0.1, 0.15) is 22.8 Å². The van der Waals surface area contributed by atoms with Gasteiger partial charge in [-0.15, -0.1) is 11.3 Å². The molecule has 1 saturated carbocycles. The molecule has 0 radical (unpaired) electrons. The van der Waals surface area contributed by atoms with Gasteiger partial charge in [-0.25, -0.2) is 4.98 Å². The highest BCUT2D eigenvalue weighted by Crippen LogP contribution is 2.52. The molecule has 3 atom stereocenters. The Hall–Kier alpha value is -4.48. The fourth-order valence-electron chi connectivity index (χ4n) is 5.88. The number of phenols is 1. The number of fused-ring (bicyclic) bond motifs is 3. The van der Waals surface area contributed by atoms with Crippen LogP contribution in [0.4, 0.5) is 10.8 Å². The van der Waals surface area contributed by atoms with Gasteiger partial charge in [0.2, 0.25) is 5.78 Å². The number of aliphatic hydroxyl groups excluding tert-OH is 2. The van der Waals surface area contributed by atoms with Crippen LogP contribution in [0.2, 0.25) is 0 Å². The molecule has 0 spiro atoms. The number of hydrogen-bond donors (Lipinski definition) is 6. The molecule has 1 aromatic heterocycles. The largest absolute Gasteiger partial charge is 0.508 e. The minimum absolute atomic E-state index is 0.0203. The SMILES string of the molecule is NC(=O)C1=C(O)C2(O)C(=O)C3=C(O)c4c(ccc(Nc5nc(-c6ccccc6)cs5)c4O)CC3CC2CC1=O. The number of rotatable bonds is 4. The summed E-state index contributed by atoms with van der Waals surface area (Å²) in [6.45, 7) is 0. The summed E-state index contributed by atoms with van der Waals surface area (Å²) in [6.07, 6.45) is -0.0163. The van der Waals surface area contributed by atoms with Crippen molar-refractivity contribution in [1.82, 2.24) is 4.98 Å². The van der Waals surface area contributed by atoms with Gasteiger partial charge in [0, 0.05) is 28.9 Å². The van der Waals surface area contributed by atoms with E-state index in [1.54, 1.807) is 12.1 Å². The second kappa shape index (κ2) is 8.79. The first-order valence-corrected chi connectivity index (χ1v) is 13.1. The first kappa shape index (κ1) is 24.8. The van der Waals surface area contributed by atoms with Crippen LogP contribution in [0.1, 0.15) is 24.0 Å². The zero-order valence-corrected chi connectivity index (χ0v) is 21.2. The number of hydrogen-bond acceptors (Lipinski definition) is 10. The van der Waals surface area contributed by atoms with Crippen molar-refractivity contribution in [3.8, 4) is 17.0 Å². The Morgan fingerprint density at radius 3 is 2.54 bits per heavy atom. The van der Waals surface area contributed by atoms with E-state index in [1.165, 1.54) is 11.3 Å². The maximum atomic E-state index is 13.6. The number of thiazole rings is 1. The van der Waals surface area contributed by atoms with Crippen molar-refractivity contribution in [2.75, 3.05) is 5.32 Å². The average Bonchev–Trinajstić information content (AvgIpc) is 3.37. The molecular weight excluding hydrogens is 522 g/mol. The summed E-state index contributed by atoms with van der Waals surface area (Å²) in [5.74, 6) is -6.54. The number of ketones is 2. The molecule has 10 nitrogen and oxygen atoms in total. The van der Waals surface area contributed by atoms with Crippen molar-refractivity contribution in [3.63, 3.8) is 0 Å². The maximum absolute atomic E-state index is 13.6. The number of nitrogens with zero attached hydrogens (tertiary/aromatic N) is 1. The number of Topliss-reactive ketones (excluding diaryl/α,β-unsaturated/α-hetero) is 2.